The number of likely N-dealkylation sites (N-methyl/N-ethyl adjacent to an activating group) is 1. The van der Waals surface area contributed by atoms with Crippen LogP contribution in [0.3, 0.4) is 0 Å². The van der Waals surface area contributed by atoms with Crippen molar-refractivity contribution in [2.45, 2.75) is 13.0 Å². The molecule has 2 unspecified atom stereocenters. The summed E-state index contributed by atoms with van der Waals surface area (Å²) in [7, 11) is 3.00. The lowest BCUT2D eigenvalue weighted by molar-refractivity contribution is -0.141. The summed E-state index contributed by atoms with van der Waals surface area (Å²) in [6.45, 7) is 2.98. The van der Waals surface area contributed by atoms with Crippen molar-refractivity contribution in [2.75, 3.05) is 38.9 Å². The minimum Gasteiger partial charge on any atom is -0.481 e. The summed E-state index contributed by atoms with van der Waals surface area (Å²) in [5.74, 6) is -0.394. The highest BCUT2D eigenvalue weighted by Crippen LogP contribution is 2.26. The van der Waals surface area contributed by atoms with Crippen LogP contribution in [0.25, 0.3) is 0 Å². The fourth-order valence-electron chi connectivity index (χ4n) is 2.34. The van der Waals surface area contributed by atoms with Gasteiger partial charge in [0.25, 0.3) is 0 Å². The highest BCUT2D eigenvalue weighted by atomic mass is 16.5. The number of rotatable bonds is 6. The third kappa shape index (κ3) is 3.15. The molecule has 1 N–H and O–H groups in total. The third-order valence-corrected chi connectivity index (χ3v) is 3.45. The largest absolute Gasteiger partial charge is 0.481 e. The molecule has 1 aromatic heterocycles. The Morgan fingerprint density at radius 3 is 2.48 bits per heavy atom. The highest BCUT2D eigenvalue weighted by molar-refractivity contribution is 5.72. The van der Waals surface area contributed by atoms with Crippen molar-refractivity contribution in [3.8, 4) is 11.8 Å². The molecule has 2 atom stereocenters. The number of aromatic nitrogens is 2. The zero-order valence-electron chi connectivity index (χ0n) is 12.3. The molecule has 0 radical (unpaired) electrons. The molecule has 0 aromatic carbocycles. The summed E-state index contributed by atoms with van der Waals surface area (Å²) in [6.07, 6.45) is 0. The molecule has 1 fully saturated rings. The molecule has 1 aliphatic heterocycles. The van der Waals surface area contributed by atoms with E-state index in [-0.39, 0.29) is 12.6 Å². The topological polar surface area (TPSA) is 94.0 Å². The predicted molar refractivity (Wildman–Crippen MR) is 73.9 cm³/mol. The Bertz CT molecular complexity index is 488. The molecule has 0 saturated carbocycles. The summed E-state index contributed by atoms with van der Waals surface area (Å²) in [5, 5.41) is 9.28. The number of hydrogen-bond acceptors (Lipinski definition) is 7. The molecule has 21 heavy (non-hydrogen) atoms. The molecule has 2 rings (SSSR count). The van der Waals surface area contributed by atoms with Crippen LogP contribution in [0.15, 0.2) is 6.07 Å². The Morgan fingerprint density at radius 1 is 1.38 bits per heavy atom. The van der Waals surface area contributed by atoms with Crippen LogP contribution in [0, 0.1) is 5.92 Å². The molecule has 8 heteroatoms. The number of methoxy groups -OCH3 is 2. The zero-order valence-corrected chi connectivity index (χ0v) is 12.3. The number of ether oxygens (including phenoxy) is 3. The van der Waals surface area contributed by atoms with E-state index in [4.69, 9.17) is 14.2 Å². The van der Waals surface area contributed by atoms with Gasteiger partial charge in [0, 0.05) is 6.54 Å². The first-order valence-corrected chi connectivity index (χ1v) is 6.65. The number of anilines is 1. The monoisotopic (exact) mass is 297 g/mol. The minimum absolute atomic E-state index is 0.192. The van der Waals surface area contributed by atoms with E-state index < -0.39 is 11.9 Å². The molecule has 1 saturated heterocycles. The van der Waals surface area contributed by atoms with Gasteiger partial charge in [0.2, 0.25) is 17.7 Å². The maximum atomic E-state index is 11.3. The van der Waals surface area contributed by atoms with Gasteiger partial charge in [-0.15, -0.1) is 0 Å². The molecular formula is C13H19N3O5. The van der Waals surface area contributed by atoms with E-state index in [2.05, 4.69) is 9.97 Å². The Balaban J connectivity index is 2.34. The standard InChI is InChI=1S/C13H19N3O5/c1-4-16(9-7-21-6-8(9)12(17)18)13-14-10(19-2)5-11(15-13)20-3/h5,8-9H,4,6-7H2,1-3H3,(H,17,18). The van der Waals surface area contributed by atoms with E-state index in [0.717, 1.165) is 0 Å². The van der Waals surface area contributed by atoms with Gasteiger partial charge < -0.3 is 24.2 Å². The minimum atomic E-state index is -0.884. The van der Waals surface area contributed by atoms with Crippen LogP contribution >= 0.6 is 0 Å². The molecule has 0 aliphatic carbocycles. The SMILES string of the molecule is CCN(c1nc(OC)cc(OC)n1)C1COCC1C(=O)O. The summed E-state index contributed by atoms with van der Waals surface area (Å²) >= 11 is 0. The average Bonchev–Trinajstić information content (AvgIpc) is 2.97. The lowest BCUT2D eigenvalue weighted by atomic mass is 10.0. The van der Waals surface area contributed by atoms with Crippen molar-refractivity contribution in [1.82, 2.24) is 9.97 Å². The summed E-state index contributed by atoms with van der Waals surface area (Å²) in [5.41, 5.74) is 0. The van der Waals surface area contributed by atoms with Crippen LogP contribution in [-0.4, -0.2) is 61.1 Å². The Hall–Kier alpha value is -2.09. The smallest absolute Gasteiger partial charge is 0.311 e. The number of nitrogens with zero attached hydrogens (tertiary/aromatic N) is 3. The maximum absolute atomic E-state index is 11.3. The number of aliphatic carboxylic acids is 1. The first-order valence-electron chi connectivity index (χ1n) is 6.65. The van der Waals surface area contributed by atoms with Gasteiger partial charge in [-0.1, -0.05) is 0 Å². The molecule has 1 aromatic rings. The molecule has 0 spiro atoms. The van der Waals surface area contributed by atoms with Crippen molar-refractivity contribution in [3.05, 3.63) is 6.07 Å². The summed E-state index contributed by atoms with van der Waals surface area (Å²) in [6, 6.07) is 1.25. The van der Waals surface area contributed by atoms with Gasteiger partial charge in [-0.3, -0.25) is 4.79 Å². The van der Waals surface area contributed by atoms with Gasteiger partial charge >= 0.3 is 5.97 Å². The number of carbonyl (C=O) groups is 1. The number of carboxylic acid groups (broad SMARTS) is 1. The first-order chi connectivity index (χ1) is 10.1. The van der Waals surface area contributed by atoms with E-state index in [1.165, 1.54) is 14.2 Å². The van der Waals surface area contributed by atoms with E-state index in [1.807, 2.05) is 6.92 Å². The molecule has 116 valence electrons. The molecule has 1 aliphatic rings. The third-order valence-electron chi connectivity index (χ3n) is 3.45. The second-order valence-corrected chi connectivity index (χ2v) is 4.59. The van der Waals surface area contributed by atoms with Crippen molar-refractivity contribution >= 4 is 11.9 Å². The Kier molecular flexibility index (Phi) is 4.79. The average molecular weight is 297 g/mol. The van der Waals surface area contributed by atoms with Gasteiger partial charge in [-0.05, 0) is 6.92 Å². The quantitative estimate of drug-likeness (QED) is 0.807. The van der Waals surface area contributed by atoms with Crippen molar-refractivity contribution < 1.29 is 24.1 Å². The van der Waals surface area contributed by atoms with Crippen LogP contribution in [0.5, 0.6) is 11.8 Å². The lowest BCUT2D eigenvalue weighted by Gasteiger charge is -2.29. The summed E-state index contributed by atoms with van der Waals surface area (Å²) < 4.78 is 15.6. The van der Waals surface area contributed by atoms with E-state index in [0.29, 0.717) is 30.9 Å². The lowest BCUT2D eigenvalue weighted by Crippen LogP contribution is -2.44. The van der Waals surface area contributed by atoms with Gasteiger partial charge in [0.05, 0.1) is 39.5 Å². The number of carboxylic acids is 1. The van der Waals surface area contributed by atoms with Crippen molar-refractivity contribution in [3.63, 3.8) is 0 Å². The van der Waals surface area contributed by atoms with Crippen LogP contribution in [0.1, 0.15) is 6.92 Å². The van der Waals surface area contributed by atoms with E-state index in [9.17, 15) is 9.90 Å². The van der Waals surface area contributed by atoms with Gasteiger partial charge in [-0.25, -0.2) is 0 Å². The zero-order chi connectivity index (χ0) is 15.4. The molecule has 2 heterocycles. The van der Waals surface area contributed by atoms with Crippen LogP contribution in [-0.2, 0) is 9.53 Å². The summed E-state index contributed by atoms with van der Waals surface area (Å²) in [4.78, 5) is 21.7. The normalized spacial score (nSPS) is 21.1. The second kappa shape index (κ2) is 6.57. The molecule has 0 amide bonds. The second-order valence-electron chi connectivity index (χ2n) is 4.59. The molecular weight excluding hydrogens is 278 g/mol. The fourth-order valence-corrected chi connectivity index (χ4v) is 2.34. The van der Waals surface area contributed by atoms with Gasteiger partial charge in [0.1, 0.15) is 5.92 Å². The van der Waals surface area contributed by atoms with Crippen LogP contribution in [0.4, 0.5) is 5.95 Å². The van der Waals surface area contributed by atoms with Gasteiger partial charge in [0.15, 0.2) is 0 Å². The fraction of sp³-hybridized carbons (Fsp3) is 0.615. The maximum Gasteiger partial charge on any atom is 0.311 e. The first kappa shape index (κ1) is 15.3. The molecule has 8 nitrogen and oxygen atoms in total. The van der Waals surface area contributed by atoms with Gasteiger partial charge in [-0.2, -0.15) is 9.97 Å². The van der Waals surface area contributed by atoms with Crippen LogP contribution < -0.4 is 14.4 Å². The van der Waals surface area contributed by atoms with Crippen molar-refractivity contribution in [2.24, 2.45) is 5.92 Å². The highest BCUT2D eigenvalue weighted by Gasteiger charge is 2.38. The Morgan fingerprint density at radius 2 is 2.00 bits per heavy atom. The van der Waals surface area contributed by atoms with Crippen molar-refractivity contribution in [1.29, 1.82) is 0 Å². The Labute approximate surface area is 122 Å². The van der Waals surface area contributed by atoms with E-state index >= 15 is 0 Å². The predicted octanol–water partition coefficient (Wildman–Crippen LogP) is 0.420. The van der Waals surface area contributed by atoms with E-state index in [1.54, 1.807) is 11.0 Å². The van der Waals surface area contributed by atoms with Crippen LogP contribution in [0.2, 0.25) is 0 Å². The molecule has 0 bridgehead atoms. The number of hydrogen-bond donors (Lipinski definition) is 1.